The Morgan fingerprint density at radius 1 is 1.13 bits per heavy atom. The summed E-state index contributed by atoms with van der Waals surface area (Å²) in [6, 6.07) is 16.0. The number of nitrogens with zero attached hydrogens (tertiary/aromatic N) is 2. The van der Waals surface area contributed by atoms with Crippen molar-refractivity contribution in [3.63, 3.8) is 0 Å². The number of aromatic nitrogens is 1. The van der Waals surface area contributed by atoms with E-state index < -0.39 is 6.10 Å². The maximum atomic E-state index is 9.43. The average Bonchev–Trinajstić information content (AvgIpc) is 2.58. The second kappa shape index (κ2) is 9.58. The van der Waals surface area contributed by atoms with Gasteiger partial charge in [0.15, 0.2) is 5.96 Å². The molecule has 0 spiro atoms. The SMILES string of the molecule is C[C@H](O)CNC(=NCc1ccccc1)NCCc1ccccn1. The van der Waals surface area contributed by atoms with Gasteiger partial charge in [-0.2, -0.15) is 0 Å². The first kappa shape index (κ1) is 17.0. The van der Waals surface area contributed by atoms with Crippen LogP contribution < -0.4 is 10.6 Å². The minimum Gasteiger partial charge on any atom is -0.392 e. The maximum absolute atomic E-state index is 9.43. The fourth-order valence-corrected chi connectivity index (χ4v) is 2.03. The van der Waals surface area contributed by atoms with Crippen LogP contribution in [0.4, 0.5) is 0 Å². The molecule has 0 radical (unpaired) electrons. The topological polar surface area (TPSA) is 69.5 Å². The first-order chi connectivity index (χ1) is 11.2. The highest BCUT2D eigenvalue weighted by Crippen LogP contribution is 2.00. The van der Waals surface area contributed by atoms with Crippen molar-refractivity contribution in [2.45, 2.75) is 26.0 Å². The van der Waals surface area contributed by atoms with E-state index >= 15 is 0 Å². The number of aliphatic hydroxyl groups is 1. The molecule has 0 aliphatic rings. The van der Waals surface area contributed by atoms with Crippen molar-refractivity contribution in [2.75, 3.05) is 13.1 Å². The normalized spacial score (nSPS) is 12.7. The molecule has 0 aliphatic heterocycles. The van der Waals surface area contributed by atoms with Crippen LogP contribution in [0.1, 0.15) is 18.2 Å². The van der Waals surface area contributed by atoms with Gasteiger partial charge in [-0.15, -0.1) is 0 Å². The molecule has 0 amide bonds. The lowest BCUT2D eigenvalue weighted by Crippen LogP contribution is -2.41. The molecule has 122 valence electrons. The summed E-state index contributed by atoms with van der Waals surface area (Å²) in [5.74, 6) is 0.700. The molecule has 1 atom stereocenters. The molecule has 1 aromatic heterocycles. The summed E-state index contributed by atoms with van der Waals surface area (Å²) in [4.78, 5) is 8.86. The van der Waals surface area contributed by atoms with Gasteiger partial charge < -0.3 is 15.7 Å². The van der Waals surface area contributed by atoms with E-state index in [1.165, 1.54) is 0 Å². The highest BCUT2D eigenvalue weighted by atomic mass is 16.3. The van der Waals surface area contributed by atoms with E-state index in [0.29, 0.717) is 19.0 Å². The average molecular weight is 312 g/mol. The van der Waals surface area contributed by atoms with Crippen LogP contribution >= 0.6 is 0 Å². The molecule has 1 aromatic carbocycles. The largest absolute Gasteiger partial charge is 0.392 e. The zero-order chi connectivity index (χ0) is 16.3. The summed E-state index contributed by atoms with van der Waals surface area (Å²) in [6.07, 6.45) is 2.20. The van der Waals surface area contributed by atoms with Crippen LogP contribution in [0.2, 0.25) is 0 Å². The molecule has 0 bridgehead atoms. The summed E-state index contributed by atoms with van der Waals surface area (Å²) in [5.41, 5.74) is 2.19. The van der Waals surface area contributed by atoms with E-state index in [-0.39, 0.29) is 0 Å². The standard InChI is InChI=1S/C18H24N4O/c1-15(23)13-21-18(22-14-16-7-3-2-4-8-16)20-12-10-17-9-5-6-11-19-17/h2-9,11,15,23H,10,12-14H2,1H3,(H2,20,21,22)/t15-/m0/s1. The van der Waals surface area contributed by atoms with Crippen LogP contribution in [0.15, 0.2) is 59.7 Å². The minimum atomic E-state index is -0.422. The van der Waals surface area contributed by atoms with Crippen molar-refractivity contribution in [2.24, 2.45) is 4.99 Å². The quantitative estimate of drug-likeness (QED) is 0.538. The highest BCUT2D eigenvalue weighted by molar-refractivity contribution is 5.79. The van der Waals surface area contributed by atoms with E-state index in [9.17, 15) is 5.11 Å². The van der Waals surface area contributed by atoms with Gasteiger partial charge in [-0.1, -0.05) is 36.4 Å². The molecule has 3 N–H and O–H groups in total. The Hall–Kier alpha value is -2.40. The summed E-state index contributed by atoms with van der Waals surface area (Å²) < 4.78 is 0. The number of aliphatic hydroxyl groups excluding tert-OH is 1. The van der Waals surface area contributed by atoms with Gasteiger partial charge in [0, 0.05) is 31.4 Å². The fraction of sp³-hybridized carbons (Fsp3) is 0.333. The van der Waals surface area contributed by atoms with E-state index in [0.717, 1.165) is 24.2 Å². The summed E-state index contributed by atoms with van der Waals surface area (Å²) in [6.45, 7) is 3.54. The lowest BCUT2D eigenvalue weighted by Gasteiger charge is -2.13. The second-order valence-electron chi connectivity index (χ2n) is 5.38. The minimum absolute atomic E-state index is 0.422. The molecule has 2 rings (SSSR count). The van der Waals surface area contributed by atoms with Crippen LogP contribution in [0, 0.1) is 0 Å². The van der Waals surface area contributed by atoms with Crippen LogP contribution in [0.5, 0.6) is 0 Å². The Bertz CT molecular complexity index is 584. The lowest BCUT2D eigenvalue weighted by molar-refractivity contribution is 0.197. The predicted octanol–water partition coefficient (Wildman–Crippen LogP) is 1.74. The first-order valence-electron chi connectivity index (χ1n) is 7.88. The van der Waals surface area contributed by atoms with Crippen molar-refractivity contribution in [1.29, 1.82) is 0 Å². The Labute approximate surface area is 137 Å². The zero-order valence-corrected chi connectivity index (χ0v) is 13.4. The first-order valence-corrected chi connectivity index (χ1v) is 7.88. The van der Waals surface area contributed by atoms with Gasteiger partial charge in [-0.3, -0.25) is 4.98 Å². The Balaban J connectivity index is 1.88. The summed E-state index contributed by atoms with van der Waals surface area (Å²) >= 11 is 0. The number of nitrogens with one attached hydrogen (secondary N) is 2. The van der Waals surface area contributed by atoms with Crippen molar-refractivity contribution in [1.82, 2.24) is 15.6 Å². The van der Waals surface area contributed by atoms with E-state index in [4.69, 9.17) is 0 Å². The zero-order valence-electron chi connectivity index (χ0n) is 13.4. The van der Waals surface area contributed by atoms with Gasteiger partial charge >= 0.3 is 0 Å². The number of benzene rings is 1. The molecule has 0 saturated heterocycles. The molecule has 2 aromatic rings. The summed E-state index contributed by atoms with van der Waals surface area (Å²) in [7, 11) is 0. The third-order valence-corrected chi connectivity index (χ3v) is 3.23. The number of hydrogen-bond donors (Lipinski definition) is 3. The monoisotopic (exact) mass is 312 g/mol. The number of pyridine rings is 1. The van der Waals surface area contributed by atoms with Gasteiger partial charge in [-0.25, -0.2) is 4.99 Å². The van der Waals surface area contributed by atoms with E-state index in [2.05, 4.69) is 20.6 Å². The Kier molecular flexibility index (Phi) is 7.07. The molecule has 23 heavy (non-hydrogen) atoms. The molecule has 1 heterocycles. The lowest BCUT2D eigenvalue weighted by atomic mass is 10.2. The van der Waals surface area contributed by atoms with Crippen molar-refractivity contribution in [3.05, 3.63) is 66.0 Å². The molecule has 0 aliphatic carbocycles. The number of hydrogen-bond acceptors (Lipinski definition) is 3. The molecule has 0 fully saturated rings. The van der Waals surface area contributed by atoms with Crippen LogP contribution in [-0.4, -0.2) is 35.2 Å². The van der Waals surface area contributed by atoms with Gasteiger partial charge in [-0.05, 0) is 24.6 Å². The highest BCUT2D eigenvalue weighted by Gasteiger charge is 2.02. The smallest absolute Gasteiger partial charge is 0.191 e. The van der Waals surface area contributed by atoms with E-state index in [1.807, 2.05) is 48.5 Å². The predicted molar refractivity (Wildman–Crippen MR) is 93.2 cm³/mol. The summed E-state index contributed by atoms with van der Waals surface area (Å²) in [5, 5.41) is 15.9. The van der Waals surface area contributed by atoms with E-state index in [1.54, 1.807) is 13.1 Å². The van der Waals surface area contributed by atoms with Gasteiger partial charge in [0.1, 0.15) is 0 Å². The number of aliphatic imine (C=N–C) groups is 1. The van der Waals surface area contributed by atoms with Crippen LogP contribution in [-0.2, 0) is 13.0 Å². The Morgan fingerprint density at radius 2 is 1.91 bits per heavy atom. The number of rotatable bonds is 7. The molecule has 5 nitrogen and oxygen atoms in total. The van der Waals surface area contributed by atoms with Gasteiger partial charge in [0.25, 0.3) is 0 Å². The van der Waals surface area contributed by atoms with Crippen LogP contribution in [0.25, 0.3) is 0 Å². The molecular weight excluding hydrogens is 288 g/mol. The fourth-order valence-electron chi connectivity index (χ4n) is 2.03. The molecular formula is C18H24N4O. The van der Waals surface area contributed by atoms with Crippen molar-refractivity contribution in [3.8, 4) is 0 Å². The van der Waals surface area contributed by atoms with Gasteiger partial charge in [0.2, 0.25) is 0 Å². The third-order valence-electron chi connectivity index (χ3n) is 3.23. The van der Waals surface area contributed by atoms with Crippen molar-refractivity contribution < 1.29 is 5.11 Å². The molecule has 5 heteroatoms. The second-order valence-corrected chi connectivity index (χ2v) is 5.38. The third kappa shape index (κ3) is 6.93. The molecule has 0 unspecified atom stereocenters. The maximum Gasteiger partial charge on any atom is 0.191 e. The number of guanidine groups is 1. The van der Waals surface area contributed by atoms with Crippen LogP contribution in [0.3, 0.4) is 0 Å². The molecule has 0 saturated carbocycles. The van der Waals surface area contributed by atoms with Crippen molar-refractivity contribution >= 4 is 5.96 Å². The van der Waals surface area contributed by atoms with Gasteiger partial charge in [0.05, 0.1) is 12.6 Å². The Morgan fingerprint density at radius 3 is 2.61 bits per heavy atom.